The highest BCUT2D eigenvalue weighted by atomic mass is 79.9. The largest absolute Gasteiger partial charge is 0.330 e. The lowest BCUT2D eigenvalue weighted by atomic mass is 9.93. The van der Waals surface area contributed by atoms with Crippen molar-refractivity contribution < 1.29 is 0 Å². The molecule has 0 aromatic carbocycles. The second kappa shape index (κ2) is 6.73. The SMILES string of the molecule is CN(Cc1c(Br)cnn1C)CC(C)(C)CN.Cl. The van der Waals surface area contributed by atoms with E-state index in [9.17, 15) is 0 Å². The van der Waals surface area contributed by atoms with Crippen molar-refractivity contribution >= 4 is 28.3 Å². The zero-order valence-corrected chi connectivity index (χ0v) is 13.3. The second-order valence-corrected chi connectivity index (χ2v) is 5.96. The monoisotopic (exact) mass is 324 g/mol. The van der Waals surface area contributed by atoms with E-state index in [4.69, 9.17) is 5.73 Å². The molecule has 1 rings (SSSR count). The Morgan fingerprint density at radius 1 is 1.53 bits per heavy atom. The van der Waals surface area contributed by atoms with Crippen LogP contribution >= 0.6 is 28.3 Å². The third-order valence-electron chi connectivity index (χ3n) is 2.68. The molecule has 0 radical (unpaired) electrons. The molecule has 0 aliphatic carbocycles. The molecular formula is C11H22BrClN4. The average Bonchev–Trinajstić information content (AvgIpc) is 2.49. The summed E-state index contributed by atoms with van der Waals surface area (Å²) in [6.07, 6.45) is 1.83. The maximum absolute atomic E-state index is 5.73. The predicted molar refractivity (Wildman–Crippen MR) is 77.3 cm³/mol. The average molecular weight is 326 g/mol. The molecule has 0 spiro atoms. The van der Waals surface area contributed by atoms with Crippen LogP contribution in [0.3, 0.4) is 0 Å². The normalized spacial score (nSPS) is 11.7. The van der Waals surface area contributed by atoms with Crippen LogP contribution in [-0.4, -0.2) is 34.8 Å². The first-order valence-corrected chi connectivity index (χ1v) is 6.20. The van der Waals surface area contributed by atoms with Gasteiger partial charge in [0.2, 0.25) is 0 Å². The van der Waals surface area contributed by atoms with Crippen molar-refractivity contribution in [2.45, 2.75) is 20.4 Å². The molecule has 6 heteroatoms. The Labute approximate surface area is 118 Å². The van der Waals surface area contributed by atoms with Gasteiger partial charge in [0.1, 0.15) is 0 Å². The Kier molecular flexibility index (Phi) is 6.69. The first kappa shape index (κ1) is 16.9. The molecule has 1 aromatic rings. The number of hydrogen-bond donors (Lipinski definition) is 1. The quantitative estimate of drug-likeness (QED) is 0.901. The van der Waals surface area contributed by atoms with E-state index in [-0.39, 0.29) is 17.8 Å². The number of aromatic nitrogens is 2. The first-order chi connectivity index (χ1) is 7.35. The number of nitrogens with zero attached hydrogens (tertiary/aromatic N) is 3. The lowest BCUT2D eigenvalue weighted by molar-refractivity contribution is 0.206. The van der Waals surface area contributed by atoms with E-state index in [1.54, 1.807) is 0 Å². The molecule has 0 aliphatic rings. The molecule has 0 atom stereocenters. The predicted octanol–water partition coefficient (Wildman–Crippen LogP) is 2.02. The van der Waals surface area contributed by atoms with Gasteiger partial charge in [0.05, 0.1) is 16.4 Å². The summed E-state index contributed by atoms with van der Waals surface area (Å²) in [4.78, 5) is 2.27. The van der Waals surface area contributed by atoms with Crippen LogP contribution in [0.5, 0.6) is 0 Å². The smallest absolute Gasteiger partial charge is 0.0663 e. The molecule has 1 aromatic heterocycles. The second-order valence-electron chi connectivity index (χ2n) is 5.10. The van der Waals surface area contributed by atoms with Gasteiger partial charge < -0.3 is 5.73 Å². The fraction of sp³-hybridized carbons (Fsp3) is 0.727. The minimum atomic E-state index is 0. The van der Waals surface area contributed by atoms with Crippen LogP contribution in [0.1, 0.15) is 19.5 Å². The molecule has 0 saturated carbocycles. The minimum absolute atomic E-state index is 0. The van der Waals surface area contributed by atoms with Crippen molar-refractivity contribution in [3.8, 4) is 0 Å². The van der Waals surface area contributed by atoms with Gasteiger partial charge in [0.15, 0.2) is 0 Å². The van der Waals surface area contributed by atoms with E-state index in [1.807, 2.05) is 17.9 Å². The fourth-order valence-corrected chi connectivity index (χ4v) is 2.19. The molecule has 0 unspecified atom stereocenters. The van der Waals surface area contributed by atoms with E-state index in [2.05, 4.69) is 46.8 Å². The maximum atomic E-state index is 5.73. The van der Waals surface area contributed by atoms with Crippen LogP contribution in [-0.2, 0) is 13.6 Å². The van der Waals surface area contributed by atoms with Crippen molar-refractivity contribution in [1.29, 1.82) is 0 Å². The lowest BCUT2D eigenvalue weighted by Crippen LogP contribution is -2.36. The van der Waals surface area contributed by atoms with Crippen molar-refractivity contribution in [3.05, 3.63) is 16.4 Å². The van der Waals surface area contributed by atoms with Crippen LogP contribution in [0.15, 0.2) is 10.7 Å². The standard InChI is InChI=1S/C11H21BrN4.ClH/c1-11(2,7-13)8-15(3)6-10-9(12)5-14-16(10)4;/h5H,6-8,13H2,1-4H3;1H. The molecule has 0 bridgehead atoms. The Hall–Kier alpha value is -0.100. The summed E-state index contributed by atoms with van der Waals surface area (Å²) in [5.74, 6) is 0. The molecule has 0 amide bonds. The molecule has 1 heterocycles. The summed E-state index contributed by atoms with van der Waals surface area (Å²) in [6, 6.07) is 0. The van der Waals surface area contributed by atoms with Crippen molar-refractivity contribution in [2.75, 3.05) is 20.1 Å². The van der Waals surface area contributed by atoms with Gasteiger partial charge in [-0.05, 0) is 34.9 Å². The van der Waals surface area contributed by atoms with Gasteiger partial charge in [-0.25, -0.2) is 0 Å². The van der Waals surface area contributed by atoms with E-state index < -0.39 is 0 Å². The Bertz CT molecular complexity index is 332. The van der Waals surface area contributed by atoms with Gasteiger partial charge in [-0.2, -0.15) is 5.10 Å². The first-order valence-electron chi connectivity index (χ1n) is 5.41. The zero-order valence-electron chi connectivity index (χ0n) is 10.9. The van der Waals surface area contributed by atoms with E-state index in [0.29, 0.717) is 6.54 Å². The number of nitrogens with two attached hydrogens (primary N) is 1. The highest BCUT2D eigenvalue weighted by Crippen LogP contribution is 2.19. The van der Waals surface area contributed by atoms with Crippen LogP contribution < -0.4 is 5.73 Å². The molecule has 4 nitrogen and oxygen atoms in total. The summed E-state index contributed by atoms with van der Waals surface area (Å²) in [5.41, 5.74) is 7.08. The molecule has 2 N–H and O–H groups in total. The van der Waals surface area contributed by atoms with Crippen LogP contribution in [0.25, 0.3) is 0 Å². The summed E-state index contributed by atoms with van der Waals surface area (Å²) < 4.78 is 2.96. The third-order valence-corrected chi connectivity index (χ3v) is 3.34. The lowest BCUT2D eigenvalue weighted by Gasteiger charge is -2.29. The zero-order chi connectivity index (χ0) is 12.3. The van der Waals surface area contributed by atoms with Gasteiger partial charge in [0, 0.05) is 20.1 Å². The summed E-state index contributed by atoms with van der Waals surface area (Å²) in [6.45, 7) is 6.91. The van der Waals surface area contributed by atoms with Crippen molar-refractivity contribution in [2.24, 2.45) is 18.2 Å². The molecule has 0 saturated heterocycles. The molecule has 0 aliphatic heterocycles. The van der Waals surface area contributed by atoms with Crippen LogP contribution in [0.4, 0.5) is 0 Å². The topological polar surface area (TPSA) is 47.1 Å². The Morgan fingerprint density at radius 2 is 2.12 bits per heavy atom. The van der Waals surface area contributed by atoms with E-state index in [0.717, 1.165) is 17.6 Å². The number of halogens is 2. The highest BCUT2D eigenvalue weighted by molar-refractivity contribution is 9.10. The Balaban J connectivity index is 0.00000256. The molecule has 100 valence electrons. The summed E-state index contributed by atoms with van der Waals surface area (Å²) >= 11 is 3.51. The van der Waals surface area contributed by atoms with Gasteiger partial charge in [-0.1, -0.05) is 13.8 Å². The van der Waals surface area contributed by atoms with Crippen molar-refractivity contribution in [1.82, 2.24) is 14.7 Å². The number of aryl methyl sites for hydroxylation is 1. The fourth-order valence-electron chi connectivity index (χ4n) is 1.72. The molecule has 0 fully saturated rings. The highest BCUT2D eigenvalue weighted by Gasteiger charge is 2.19. The van der Waals surface area contributed by atoms with Crippen LogP contribution in [0, 0.1) is 5.41 Å². The van der Waals surface area contributed by atoms with Gasteiger partial charge in [-0.3, -0.25) is 9.58 Å². The van der Waals surface area contributed by atoms with Gasteiger partial charge in [-0.15, -0.1) is 12.4 Å². The third kappa shape index (κ3) is 4.95. The van der Waals surface area contributed by atoms with Gasteiger partial charge >= 0.3 is 0 Å². The summed E-state index contributed by atoms with van der Waals surface area (Å²) in [5, 5.41) is 4.20. The Morgan fingerprint density at radius 3 is 2.53 bits per heavy atom. The van der Waals surface area contributed by atoms with Crippen LogP contribution in [0.2, 0.25) is 0 Å². The number of hydrogen-bond acceptors (Lipinski definition) is 3. The maximum Gasteiger partial charge on any atom is 0.0663 e. The summed E-state index contributed by atoms with van der Waals surface area (Å²) in [7, 11) is 4.07. The van der Waals surface area contributed by atoms with E-state index in [1.165, 1.54) is 5.69 Å². The molecule has 17 heavy (non-hydrogen) atoms. The number of rotatable bonds is 5. The van der Waals surface area contributed by atoms with Crippen molar-refractivity contribution in [3.63, 3.8) is 0 Å². The van der Waals surface area contributed by atoms with Gasteiger partial charge in [0.25, 0.3) is 0 Å². The minimum Gasteiger partial charge on any atom is -0.330 e. The molecular weight excluding hydrogens is 304 g/mol. The van der Waals surface area contributed by atoms with E-state index >= 15 is 0 Å².